The second-order valence-electron chi connectivity index (χ2n) is 4.64. The summed E-state index contributed by atoms with van der Waals surface area (Å²) in [6.45, 7) is 8.64. The molecule has 1 unspecified atom stereocenters. The number of halogens is 1. The zero-order valence-corrected chi connectivity index (χ0v) is 10.5. The standard InChI is InChI=1S/C14H22FN/c1-4-16-10-13(11(2)3)9-12-5-7-14(15)8-6-12/h5-8,11,13,16H,4,9-10H2,1-3H3. The van der Waals surface area contributed by atoms with Crippen LogP contribution in [0.5, 0.6) is 0 Å². The SMILES string of the molecule is CCNCC(Cc1ccc(F)cc1)C(C)C. The van der Waals surface area contributed by atoms with Gasteiger partial charge in [-0.05, 0) is 49.0 Å². The molecule has 90 valence electrons. The van der Waals surface area contributed by atoms with Crippen molar-refractivity contribution in [2.24, 2.45) is 11.8 Å². The van der Waals surface area contributed by atoms with E-state index in [9.17, 15) is 4.39 Å². The van der Waals surface area contributed by atoms with Crippen LogP contribution in [0.3, 0.4) is 0 Å². The highest BCUT2D eigenvalue weighted by Gasteiger charge is 2.13. The van der Waals surface area contributed by atoms with Crippen molar-refractivity contribution in [3.63, 3.8) is 0 Å². The maximum absolute atomic E-state index is 12.8. The lowest BCUT2D eigenvalue weighted by Crippen LogP contribution is -2.27. The summed E-state index contributed by atoms with van der Waals surface area (Å²) in [6, 6.07) is 6.85. The Labute approximate surface area is 98.1 Å². The van der Waals surface area contributed by atoms with Gasteiger partial charge in [-0.25, -0.2) is 4.39 Å². The van der Waals surface area contributed by atoms with Crippen molar-refractivity contribution in [1.82, 2.24) is 5.32 Å². The maximum Gasteiger partial charge on any atom is 0.123 e. The van der Waals surface area contributed by atoms with Crippen molar-refractivity contribution in [1.29, 1.82) is 0 Å². The summed E-state index contributed by atoms with van der Waals surface area (Å²) in [5.41, 5.74) is 1.22. The van der Waals surface area contributed by atoms with Gasteiger partial charge in [0.1, 0.15) is 5.82 Å². The Morgan fingerprint density at radius 2 is 1.81 bits per heavy atom. The second kappa shape index (κ2) is 6.64. The summed E-state index contributed by atoms with van der Waals surface area (Å²) >= 11 is 0. The fraction of sp³-hybridized carbons (Fsp3) is 0.571. The second-order valence-corrected chi connectivity index (χ2v) is 4.64. The van der Waals surface area contributed by atoms with E-state index in [1.165, 1.54) is 5.56 Å². The Balaban J connectivity index is 2.57. The van der Waals surface area contributed by atoms with Crippen LogP contribution in [0.2, 0.25) is 0 Å². The molecule has 1 nitrogen and oxygen atoms in total. The molecule has 2 heteroatoms. The first kappa shape index (κ1) is 13.2. The third-order valence-electron chi connectivity index (χ3n) is 3.01. The Kier molecular flexibility index (Phi) is 5.47. The molecule has 0 aliphatic rings. The van der Waals surface area contributed by atoms with E-state index in [1.807, 2.05) is 12.1 Å². The molecule has 1 N–H and O–H groups in total. The highest BCUT2D eigenvalue weighted by Crippen LogP contribution is 2.17. The molecule has 0 bridgehead atoms. The smallest absolute Gasteiger partial charge is 0.123 e. The molecule has 16 heavy (non-hydrogen) atoms. The van der Waals surface area contributed by atoms with E-state index >= 15 is 0 Å². The van der Waals surface area contributed by atoms with Gasteiger partial charge in [-0.3, -0.25) is 0 Å². The first-order valence-corrected chi connectivity index (χ1v) is 6.08. The predicted octanol–water partition coefficient (Wildman–Crippen LogP) is 3.25. The number of nitrogens with one attached hydrogen (secondary N) is 1. The summed E-state index contributed by atoms with van der Waals surface area (Å²) in [5, 5.41) is 3.39. The third-order valence-corrected chi connectivity index (χ3v) is 3.01. The molecular weight excluding hydrogens is 201 g/mol. The van der Waals surface area contributed by atoms with Crippen LogP contribution in [-0.4, -0.2) is 13.1 Å². The van der Waals surface area contributed by atoms with Crippen molar-refractivity contribution in [2.75, 3.05) is 13.1 Å². The van der Waals surface area contributed by atoms with Gasteiger partial charge in [0.2, 0.25) is 0 Å². The van der Waals surface area contributed by atoms with E-state index in [0.29, 0.717) is 11.8 Å². The number of benzene rings is 1. The Morgan fingerprint density at radius 3 is 2.31 bits per heavy atom. The quantitative estimate of drug-likeness (QED) is 0.780. The molecular formula is C14H22FN. The van der Waals surface area contributed by atoms with Gasteiger partial charge in [0.05, 0.1) is 0 Å². The summed E-state index contributed by atoms with van der Waals surface area (Å²) in [5.74, 6) is 1.10. The van der Waals surface area contributed by atoms with Gasteiger partial charge in [-0.15, -0.1) is 0 Å². The lowest BCUT2D eigenvalue weighted by Gasteiger charge is -2.21. The number of rotatable bonds is 6. The highest BCUT2D eigenvalue weighted by molar-refractivity contribution is 5.16. The zero-order chi connectivity index (χ0) is 12.0. The fourth-order valence-electron chi connectivity index (χ4n) is 1.80. The number of hydrogen-bond donors (Lipinski definition) is 1. The summed E-state index contributed by atoms with van der Waals surface area (Å²) in [4.78, 5) is 0. The monoisotopic (exact) mass is 223 g/mol. The van der Waals surface area contributed by atoms with Crippen molar-refractivity contribution in [3.05, 3.63) is 35.6 Å². The Hall–Kier alpha value is -0.890. The highest BCUT2D eigenvalue weighted by atomic mass is 19.1. The normalized spacial score (nSPS) is 13.1. The van der Waals surface area contributed by atoms with Gasteiger partial charge < -0.3 is 5.32 Å². The maximum atomic E-state index is 12.8. The van der Waals surface area contributed by atoms with E-state index in [-0.39, 0.29) is 5.82 Å². The Bertz CT molecular complexity index is 292. The first-order chi connectivity index (χ1) is 7.63. The van der Waals surface area contributed by atoms with Gasteiger partial charge in [0.15, 0.2) is 0 Å². The molecule has 1 aromatic rings. The minimum absolute atomic E-state index is 0.156. The average molecular weight is 223 g/mol. The van der Waals surface area contributed by atoms with Crippen LogP contribution in [0.25, 0.3) is 0 Å². The molecule has 0 amide bonds. The molecule has 0 saturated heterocycles. The molecule has 0 aromatic heterocycles. The minimum atomic E-state index is -0.156. The van der Waals surface area contributed by atoms with E-state index < -0.39 is 0 Å². The molecule has 0 aliphatic carbocycles. The summed E-state index contributed by atoms with van der Waals surface area (Å²) in [6.07, 6.45) is 1.02. The molecule has 0 aliphatic heterocycles. The Morgan fingerprint density at radius 1 is 1.19 bits per heavy atom. The fourth-order valence-corrected chi connectivity index (χ4v) is 1.80. The topological polar surface area (TPSA) is 12.0 Å². The molecule has 1 rings (SSSR count). The van der Waals surface area contributed by atoms with Crippen LogP contribution in [0.1, 0.15) is 26.3 Å². The van der Waals surface area contributed by atoms with Gasteiger partial charge >= 0.3 is 0 Å². The van der Waals surface area contributed by atoms with Crippen molar-refractivity contribution < 1.29 is 4.39 Å². The van der Waals surface area contributed by atoms with Crippen LogP contribution < -0.4 is 5.32 Å². The van der Waals surface area contributed by atoms with Crippen LogP contribution in [-0.2, 0) is 6.42 Å². The van der Waals surface area contributed by atoms with Crippen LogP contribution in [0.15, 0.2) is 24.3 Å². The molecule has 1 atom stereocenters. The van der Waals surface area contributed by atoms with E-state index in [2.05, 4.69) is 26.1 Å². The predicted molar refractivity (Wildman–Crippen MR) is 67.0 cm³/mol. The number of hydrogen-bond acceptors (Lipinski definition) is 1. The summed E-state index contributed by atoms with van der Waals surface area (Å²) in [7, 11) is 0. The molecule has 0 fully saturated rings. The van der Waals surface area contributed by atoms with Crippen molar-refractivity contribution in [3.8, 4) is 0 Å². The molecule has 0 radical (unpaired) electrons. The van der Waals surface area contributed by atoms with E-state index in [1.54, 1.807) is 12.1 Å². The lowest BCUT2D eigenvalue weighted by atomic mass is 9.89. The average Bonchev–Trinajstić information content (AvgIpc) is 2.26. The minimum Gasteiger partial charge on any atom is -0.317 e. The van der Waals surface area contributed by atoms with Crippen LogP contribution >= 0.6 is 0 Å². The molecule has 0 saturated carbocycles. The van der Waals surface area contributed by atoms with Gasteiger partial charge in [0.25, 0.3) is 0 Å². The molecule has 0 spiro atoms. The summed E-state index contributed by atoms with van der Waals surface area (Å²) < 4.78 is 12.8. The van der Waals surface area contributed by atoms with E-state index in [4.69, 9.17) is 0 Å². The third kappa shape index (κ3) is 4.31. The van der Waals surface area contributed by atoms with E-state index in [0.717, 1.165) is 19.5 Å². The lowest BCUT2D eigenvalue weighted by molar-refractivity contribution is 0.363. The first-order valence-electron chi connectivity index (χ1n) is 6.08. The van der Waals surface area contributed by atoms with Crippen molar-refractivity contribution >= 4 is 0 Å². The van der Waals surface area contributed by atoms with Crippen molar-refractivity contribution in [2.45, 2.75) is 27.2 Å². The largest absolute Gasteiger partial charge is 0.317 e. The zero-order valence-electron chi connectivity index (χ0n) is 10.5. The van der Waals surface area contributed by atoms with Gasteiger partial charge in [0, 0.05) is 0 Å². The van der Waals surface area contributed by atoms with Crippen LogP contribution in [0, 0.1) is 17.7 Å². The molecule has 0 heterocycles. The van der Waals surface area contributed by atoms with Crippen LogP contribution in [0.4, 0.5) is 4.39 Å². The van der Waals surface area contributed by atoms with Gasteiger partial charge in [-0.1, -0.05) is 32.9 Å². The molecule has 1 aromatic carbocycles. The van der Waals surface area contributed by atoms with Gasteiger partial charge in [-0.2, -0.15) is 0 Å².